The molecule has 1 aliphatic heterocycles. The number of carbonyl (C=O) groups excluding carboxylic acids is 2. The molecule has 0 aromatic heterocycles. The standard InChI is InChI=1S/C17H24N2O2/c1-11(2)14-17(21)19(10-13-8-6-5-7-9-13)15(12(3)4)16(20)18-14/h5-9,11-12,14-15H,10H2,1-4H3,(H,18,20). The molecule has 2 amide bonds. The summed E-state index contributed by atoms with van der Waals surface area (Å²) in [5.41, 5.74) is 1.05. The van der Waals surface area contributed by atoms with Crippen LogP contribution in [0, 0.1) is 11.8 Å². The summed E-state index contributed by atoms with van der Waals surface area (Å²) in [6.07, 6.45) is 0. The quantitative estimate of drug-likeness (QED) is 0.923. The number of amides is 2. The molecule has 2 atom stereocenters. The van der Waals surface area contributed by atoms with Crippen molar-refractivity contribution in [1.82, 2.24) is 10.2 Å². The third kappa shape index (κ3) is 3.26. The molecule has 0 bridgehead atoms. The van der Waals surface area contributed by atoms with Crippen LogP contribution in [-0.4, -0.2) is 28.8 Å². The number of rotatable bonds is 4. The summed E-state index contributed by atoms with van der Waals surface area (Å²) in [6.45, 7) is 8.36. The van der Waals surface area contributed by atoms with Gasteiger partial charge >= 0.3 is 0 Å². The summed E-state index contributed by atoms with van der Waals surface area (Å²) in [7, 11) is 0. The first-order valence-corrected chi connectivity index (χ1v) is 7.56. The van der Waals surface area contributed by atoms with Crippen LogP contribution < -0.4 is 5.32 Å². The molecule has 4 heteroatoms. The van der Waals surface area contributed by atoms with Crippen molar-refractivity contribution in [2.45, 2.75) is 46.3 Å². The predicted molar refractivity (Wildman–Crippen MR) is 82.4 cm³/mol. The highest BCUT2D eigenvalue weighted by molar-refractivity contribution is 5.97. The van der Waals surface area contributed by atoms with E-state index in [0.717, 1.165) is 5.56 Å². The minimum Gasteiger partial charge on any atom is -0.342 e. The van der Waals surface area contributed by atoms with Gasteiger partial charge < -0.3 is 10.2 Å². The lowest BCUT2D eigenvalue weighted by Crippen LogP contribution is -2.65. The van der Waals surface area contributed by atoms with Crippen molar-refractivity contribution in [2.24, 2.45) is 11.8 Å². The fourth-order valence-electron chi connectivity index (χ4n) is 2.83. The molecule has 0 aliphatic carbocycles. The second kappa shape index (κ2) is 6.29. The number of nitrogens with one attached hydrogen (secondary N) is 1. The average molecular weight is 288 g/mol. The first-order valence-electron chi connectivity index (χ1n) is 7.56. The van der Waals surface area contributed by atoms with Crippen molar-refractivity contribution in [1.29, 1.82) is 0 Å². The number of hydrogen-bond donors (Lipinski definition) is 1. The number of carbonyl (C=O) groups is 2. The van der Waals surface area contributed by atoms with Crippen LogP contribution in [0.15, 0.2) is 30.3 Å². The van der Waals surface area contributed by atoms with E-state index in [0.29, 0.717) is 6.54 Å². The molecule has 1 heterocycles. The van der Waals surface area contributed by atoms with Gasteiger partial charge in [0.2, 0.25) is 11.8 Å². The lowest BCUT2D eigenvalue weighted by atomic mass is 9.92. The van der Waals surface area contributed by atoms with Crippen molar-refractivity contribution >= 4 is 11.8 Å². The van der Waals surface area contributed by atoms with Crippen LogP contribution in [0.5, 0.6) is 0 Å². The van der Waals surface area contributed by atoms with Crippen molar-refractivity contribution in [3.63, 3.8) is 0 Å². The molecular formula is C17H24N2O2. The Bertz CT molecular complexity index is 511. The maximum Gasteiger partial charge on any atom is 0.246 e. The van der Waals surface area contributed by atoms with Crippen LogP contribution in [-0.2, 0) is 16.1 Å². The average Bonchev–Trinajstić information content (AvgIpc) is 2.43. The van der Waals surface area contributed by atoms with Crippen molar-refractivity contribution in [3.8, 4) is 0 Å². The largest absolute Gasteiger partial charge is 0.342 e. The molecule has 2 unspecified atom stereocenters. The lowest BCUT2D eigenvalue weighted by molar-refractivity contribution is -0.153. The highest BCUT2D eigenvalue weighted by Crippen LogP contribution is 2.22. The van der Waals surface area contributed by atoms with E-state index in [2.05, 4.69) is 5.32 Å². The van der Waals surface area contributed by atoms with E-state index < -0.39 is 12.1 Å². The topological polar surface area (TPSA) is 49.4 Å². The molecular weight excluding hydrogens is 264 g/mol. The summed E-state index contributed by atoms with van der Waals surface area (Å²) in [6, 6.07) is 9.01. The van der Waals surface area contributed by atoms with Crippen LogP contribution in [0.25, 0.3) is 0 Å². The van der Waals surface area contributed by atoms with E-state index in [9.17, 15) is 9.59 Å². The predicted octanol–water partition coefficient (Wildman–Crippen LogP) is 2.19. The number of hydrogen-bond acceptors (Lipinski definition) is 2. The second-order valence-corrected chi connectivity index (χ2v) is 6.37. The maximum absolute atomic E-state index is 12.7. The molecule has 1 N–H and O–H groups in total. The number of benzene rings is 1. The summed E-state index contributed by atoms with van der Waals surface area (Å²) in [4.78, 5) is 26.9. The number of nitrogens with zero attached hydrogens (tertiary/aromatic N) is 1. The molecule has 2 rings (SSSR count). The highest BCUT2D eigenvalue weighted by atomic mass is 16.2. The molecule has 1 aromatic rings. The van der Waals surface area contributed by atoms with E-state index in [1.807, 2.05) is 58.0 Å². The fourth-order valence-corrected chi connectivity index (χ4v) is 2.83. The Labute approximate surface area is 126 Å². The van der Waals surface area contributed by atoms with E-state index in [4.69, 9.17) is 0 Å². The summed E-state index contributed by atoms with van der Waals surface area (Å²) >= 11 is 0. The van der Waals surface area contributed by atoms with Gasteiger partial charge in [-0.1, -0.05) is 58.0 Å². The Hall–Kier alpha value is -1.84. The van der Waals surface area contributed by atoms with Crippen molar-refractivity contribution in [2.75, 3.05) is 0 Å². The van der Waals surface area contributed by atoms with Crippen LogP contribution in [0.3, 0.4) is 0 Å². The zero-order valence-corrected chi connectivity index (χ0v) is 13.2. The molecule has 4 nitrogen and oxygen atoms in total. The molecule has 0 saturated carbocycles. The molecule has 1 saturated heterocycles. The lowest BCUT2D eigenvalue weighted by Gasteiger charge is -2.42. The number of piperazine rings is 1. The van der Waals surface area contributed by atoms with Crippen LogP contribution >= 0.6 is 0 Å². The zero-order chi connectivity index (χ0) is 15.6. The van der Waals surface area contributed by atoms with Gasteiger partial charge in [0.15, 0.2) is 0 Å². The van der Waals surface area contributed by atoms with Gasteiger partial charge in [0, 0.05) is 6.54 Å². The van der Waals surface area contributed by atoms with Gasteiger partial charge in [0.1, 0.15) is 12.1 Å². The van der Waals surface area contributed by atoms with Gasteiger partial charge in [0.05, 0.1) is 0 Å². The van der Waals surface area contributed by atoms with E-state index in [-0.39, 0.29) is 23.7 Å². The second-order valence-electron chi connectivity index (χ2n) is 6.37. The third-order valence-electron chi connectivity index (χ3n) is 3.95. The van der Waals surface area contributed by atoms with E-state index in [1.165, 1.54) is 0 Å². The summed E-state index contributed by atoms with van der Waals surface area (Å²) in [5.74, 6) is 0.157. The molecule has 114 valence electrons. The van der Waals surface area contributed by atoms with Crippen LogP contribution in [0.1, 0.15) is 33.3 Å². The Morgan fingerprint density at radius 2 is 1.67 bits per heavy atom. The molecule has 1 aromatic carbocycles. The zero-order valence-electron chi connectivity index (χ0n) is 13.2. The third-order valence-corrected chi connectivity index (χ3v) is 3.95. The van der Waals surface area contributed by atoms with Gasteiger partial charge in [-0.15, -0.1) is 0 Å². The maximum atomic E-state index is 12.7. The smallest absolute Gasteiger partial charge is 0.246 e. The van der Waals surface area contributed by atoms with Crippen molar-refractivity contribution in [3.05, 3.63) is 35.9 Å². The van der Waals surface area contributed by atoms with Gasteiger partial charge in [-0.25, -0.2) is 0 Å². The molecule has 1 fully saturated rings. The minimum absolute atomic E-state index is 0.0205. The Morgan fingerprint density at radius 3 is 2.19 bits per heavy atom. The molecule has 0 radical (unpaired) electrons. The minimum atomic E-state index is -0.420. The van der Waals surface area contributed by atoms with E-state index >= 15 is 0 Å². The van der Waals surface area contributed by atoms with E-state index in [1.54, 1.807) is 4.90 Å². The van der Waals surface area contributed by atoms with Gasteiger partial charge in [-0.2, -0.15) is 0 Å². The molecule has 0 spiro atoms. The van der Waals surface area contributed by atoms with Gasteiger partial charge in [0.25, 0.3) is 0 Å². The SMILES string of the molecule is CC(C)C1NC(=O)C(C(C)C)N(Cc2ccccc2)C1=O. The first kappa shape index (κ1) is 15.5. The van der Waals surface area contributed by atoms with Crippen molar-refractivity contribution < 1.29 is 9.59 Å². The van der Waals surface area contributed by atoms with Gasteiger partial charge in [-0.05, 0) is 17.4 Å². The Morgan fingerprint density at radius 1 is 1.05 bits per heavy atom. The summed E-state index contributed by atoms with van der Waals surface area (Å²) < 4.78 is 0. The monoisotopic (exact) mass is 288 g/mol. The normalized spacial score (nSPS) is 22.9. The van der Waals surface area contributed by atoms with Gasteiger partial charge in [-0.3, -0.25) is 9.59 Å². The van der Waals surface area contributed by atoms with Crippen LogP contribution in [0.2, 0.25) is 0 Å². The first-order chi connectivity index (χ1) is 9.91. The van der Waals surface area contributed by atoms with Crippen LogP contribution in [0.4, 0.5) is 0 Å². The Kier molecular flexibility index (Phi) is 4.66. The molecule has 21 heavy (non-hydrogen) atoms. The molecule has 1 aliphatic rings. The fraction of sp³-hybridized carbons (Fsp3) is 0.529. The summed E-state index contributed by atoms with van der Waals surface area (Å²) in [5, 5.41) is 2.88. The Balaban J connectivity index is 2.30. The highest BCUT2D eigenvalue weighted by Gasteiger charge is 2.42.